The topological polar surface area (TPSA) is 247 Å². The Hall–Kier alpha value is -4.18. The normalized spacial score (nSPS) is 27.2. The van der Waals surface area contributed by atoms with Gasteiger partial charge in [0.1, 0.15) is 34.8 Å². The van der Waals surface area contributed by atoms with Crippen molar-refractivity contribution in [2.24, 2.45) is 17.6 Å². The number of nitrogens with two attached hydrogens (primary N) is 3. The van der Waals surface area contributed by atoms with E-state index in [0.717, 1.165) is 130 Å². The zero-order valence-electron chi connectivity index (χ0n) is 44.6. The van der Waals surface area contributed by atoms with Crippen molar-refractivity contribution < 1.29 is 52.7 Å². The van der Waals surface area contributed by atoms with E-state index in [1.54, 1.807) is 26.4 Å². The van der Waals surface area contributed by atoms with Crippen LogP contribution in [0.3, 0.4) is 0 Å². The molecule has 8 saturated heterocycles. The number of carboxylic acid groups (broad SMARTS) is 1. The molecule has 0 aromatic heterocycles. The number of aromatic carboxylic acids is 1. The first kappa shape index (κ1) is 60.1. The number of likely N-dealkylation sites (tertiary alicyclic amines) is 2. The van der Waals surface area contributed by atoms with Gasteiger partial charge < -0.3 is 65.8 Å². The van der Waals surface area contributed by atoms with Gasteiger partial charge in [0.25, 0.3) is 5.91 Å². The Morgan fingerprint density at radius 2 is 1.04 bits per heavy atom. The lowest BCUT2D eigenvalue weighted by Crippen LogP contribution is -2.55. The third kappa shape index (κ3) is 17.9. The number of unbranched alkanes of at least 4 members (excludes halogenated alkanes) is 4. The zero-order valence-corrected chi connectivity index (χ0v) is 46.1. The summed E-state index contributed by atoms with van der Waals surface area (Å²) in [5.74, 6) is 0.192. The van der Waals surface area contributed by atoms with Crippen molar-refractivity contribution in [2.75, 3.05) is 118 Å². The highest BCUT2D eigenvalue weighted by atomic mass is 35.5. The number of fused-ring (bicyclic) bond motifs is 6. The lowest BCUT2D eigenvalue weighted by molar-refractivity contribution is -0.159. The minimum atomic E-state index is -1.14. The van der Waals surface area contributed by atoms with Gasteiger partial charge in [0, 0.05) is 89.3 Å². The van der Waals surface area contributed by atoms with Crippen LogP contribution in [-0.2, 0) is 28.5 Å². The van der Waals surface area contributed by atoms with E-state index in [0.29, 0.717) is 41.8 Å². The van der Waals surface area contributed by atoms with Crippen LogP contribution in [0.1, 0.15) is 111 Å². The smallest absolute Gasteiger partial charge is 0.341 e. The molecule has 6 atom stereocenters. The van der Waals surface area contributed by atoms with Gasteiger partial charge >= 0.3 is 17.9 Å². The Bertz CT molecular complexity index is 2160. The van der Waals surface area contributed by atoms with Crippen LogP contribution < -0.4 is 32.0 Å². The average Bonchev–Trinajstić information content (AvgIpc) is 3.39. The molecule has 19 nitrogen and oxygen atoms in total. The van der Waals surface area contributed by atoms with Gasteiger partial charge in [0.2, 0.25) is 0 Å². The number of halogens is 2. The number of hydrogen-bond donors (Lipinski definition) is 5. The average molecular weight is 1090 g/mol. The van der Waals surface area contributed by atoms with E-state index in [4.69, 9.17) is 73.9 Å². The van der Waals surface area contributed by atoms with Crippen LogP contribution in [0.15, 0.2) is 24.3 Å². The second kappa shape index (κ2) is 30.1. The van der Waals surface area contributed by atoms with Crippen molar-refractivity contribution in [3.05, 3.63) is 45.4 Å². The van der Waals surface area contributed by atoms with E-state index in [-0.39, 0.29) is 81.3 Å². The van der Waals surface area contributed by atoms with E-state index in [1.807, 2.05) is 0 Å². The Balaban J connectivity index is 0.000000206. The summed E-state index contributed by atoms with van der Waals surface area (Å²) in [5.41, 5.74) is 18.3. The molecule has 0 aliphatic carbocycles. The molecule has 420 valence electrons. The minimum Gasteiger partial charge on any atom is -0.496 e. The lowest BCUT2D eigenvalue weighted by Gasteiger charge is -2.43. The van der Waals surface area contributed by atoms with Crippen LogP contribution in [0.2, 0.25) is 10.0 Å². The van der Waals surface area contributed by atoms with Crippen molar-refractivity contribution in [2.45, 2.75) is 126 Å². The van der Waals surface area contributed by atoms with Crippen molar-refractivity contribution in [1.82, 2.24) is 24.9 Å². The molecule has 0 saturated carbocycles. The van der Waals surface area contributed by atoms with Crippen molar-refractivity contribution in [3.63, 3.8) is 0 Å². The Morgan fingerprint density at radius 3 is 1.48 bits per heavy atom. The molecule has 10 rings (SSSR count). The number of nitrogens with one attached hydrogen (secondary N) is 1. The fraction of sp³-hybridized carbons (Fsp3) is 0.704. The number of methoxy groups -OCH3 is 4. The number of ether oxygens (including phenoxy) is 6. The highest BCUT2D eigenvalue weighted by Crippen LogP contribution is 2.33. The van der Waals surface area contributed by atoms with E-state index in [1.165, 1.54) is 52.3 Å². The lowest BCUT2D eigenvalue weighted by atomic mass is 9.86. The number of anilines is 2. The summed E-state index contributed by atoms with van der Waals surface area (Å²) in [4.78, 5) is 57.7. The zero-order chi connectivity index (χ0) is 54.0. The van der Waals surface area contributed by atoms with Crippen molar-refractivity contribution in [1.29, 1.82) is 0 Å². The minimum absolute atomic E-state index is 0.00198. The fourth-order valence-corrected chi connectivity index (χ4v) is 11.9. The van der Waals surface area contributed by atoms with Gasteiger partial charge in [-0.25, -0.2) is 4.79 Å². The molecule has 4 bridgehead atoms. The first-order valence-corrected chi connectivity index (χ1v) is 27.7. The molecule has 2 aromatic rings. The molecule has 8 aliphatic rings. The molecule has 1 amide bonds. The number of carboxylic acids is 1. The first-order valence-electron chi connectivity index (χ1n) is 27.0. The Kier molecular flexibility index (Phi) is 24.1. The summed E-state index contributed by atoms with van der Waals surface area (Å²) in [6.07, 6.45) is 13.8. The standard InChI is InChI=1S/C27H41ClN4O5.C19H35N3O3.C8H8ClNO3/c1-35-22-15-19(29)14-20(28)26(22)27(34)30-21-9-13-31(17-24(21)36-2)10-5-3-4-6-25(33)37-23-16-32-11-7-18(23)8-12-32;1-24-18-14-21(12-8-16(18)20)9-4-2-3-5-19(23)25-17-13-22-10-6-15(17)7-11-22;1-13-6-3-4(10)2-5(9)7(6)8(11)12/h14-15,18,21,23-24H,3-13,16-17,29H2,1-2H3,(H,30,34);15-18H,2-14,20H2,1H3;2-3H,10H2,1H3,(H,11,12)/t21-,23+,24+;16-,17+,18+;/m11./s1. The summed E-state index contributed by atoms with van der Waals surface area (Å²) < 4.78 is 32.9. The maximum absolute atomic E-state index is 13.0. The van der Waals surface area contributed by atoms with Crippen LogP contribution in [-0.4, -0.2) is 192 Å². The molecule has 2 aromatic carbocycles. The Morgan fingerprint density at radius 1 is 0.587 bits per heavy atom. The number of rotatable bonds is 21. The molecule has 8 heterocycles. The number of piperidine rings is 8. The van der Waals surface area contributed by atoms with E-state index in [2.05, 4.69) is 24.9 Å². The van der Waals surface area contributed by atoms with Gasteiger partial charge in [-0.05, 0) is 134 Å². The summed E-state index contributed by atoms with van der Waals surface area (Å²) in [5, 5.41) is 12.2. The number of carbonyl (C=O) groups is 4. The number of carbonyl (C=O) groups excluding carboxylic acids is 3. The van der Waals surface area contributed by atoms with Gasteiger partial charge in [0.15, 0.2) is 0 Å². The third-order valence-electron chi connectivity index (χ3n) is 15.8. The predicted molar refractivity (Wildman–Crippen MR) is 290 cm³/mol. The quantitative estimate of drug-likeness (QED) is 0.0562. The first-order chi connectivity index (χ1) is 36.1. The summed E-state index contributed by atoms with van der Waals surface area (Å²) in [6, 6.07) is 5.96. The molecule has 8 fully saturated rings. The molecular weight excluding hydrogens is 1010 g/mol. The van der Waals surface area contributed by atoms with Crippen LogP contribution in [0.5, 0.6) is 11.5 Å². The molecular formula is C54H84Cl2N8O11. The van der Waals surface area contributed by atoms with Crippen molar-refractivity contribution >= 4 is 58.4 Å². The monoisotopic (exact) mass is 1090 g/mol. The number of hydrogen-bond acceptors (Lipinski definition) is 17. The maximum Gasteiger partial charge on any atom is 0.341 e. The highest BCUT2D eigenvalue weighted by molar-refractivity contribution is 6.35. The van der Waals surface area contributed by atoms with E-state index in [9.17, 15) is 19.2 Å². The molecule has 75 heavy (non-hydrogen) atoms. The molecule has 0 spiro atoms. The molecule has 21 heteroatoms. The molecule has 0 unspecified atom stereocenters. The van der Waals surface area contributed by atoms with Crippen LogP contribution >= 0.6 is 23.2 Å². The van der Waals surface area contributed by atoms with Crippen LogP contribution in [0.4, 0.5) is 11.4 Å². The van der Waals surface area contributed by atoms with Gasteiger partial charge in [-0.2, -0.15) is 0 Å². The summed E-state index contributed by atoms with van der Waals surface area (Å²) >= 11 is 12.0. The molecule has 8 N–H and O–H groups in total. The predicted octanol–water partition coefficient (Wildman–Crippen LogP) is 5.81. The number of benzene rings is 2. The molecule has 0 radical (unpaired) electrons. The van der Waals surface area contributed by atoms with Gasteiger partial charge in [-0.1, -0.05) is 36.0 Å². The third-order valence-corrected chi connectivity index (χ3v) is 16.4. The van der Waals surface area contributed by atoms with Crippen LogP contribution in [0, 0.1) is 11.8 Å². The number of nitrogen functional groups attached to an aromatic ring is 2. The number of nitrogens with zero attached hydrogens (tertiary/aromatic N) is 4. The van der Waals surface area contributed by atoms with E-state index < -0.39 is 5.97 Å². The van der Waals surface area contributed by atoms with Gasteiger partial charge in [-0.3, -0.25) is 24.2 Å². The Labute approximate surface area is 453 Å². The van der Waals surface area contributed by atoms with Gasteiger partial charge in [-0.15, -0.1) is 0 Å². The summed E-state index contributed by atoms with van der Waals surface area (Å²) in [7, 11) is 6.26. The van der Waals surface area contributed by atoms with Crippen molar-refractivity contribution in [3.8, 4) is 11.5 Å². The summed E-state index contributed by atoms with van der Waals surface area (Å²) in [6.45, 7) is 12.1. The molecule has 8 aliphatic heterocycles. The number of amides is 1. The largest absolute Gasteiger partial charge is 0.496 e. The SMILES string of the molecule is CO[C@H]1CN(CCCCCC(=O)O[C@H]2CN3CCC2CC3)CC[C@H]1N.COc1cc(N)cc(Cl)c1C(=O)N[C@@H]1CCN(CCCCCC(=O)O[C@H]2CN3CCC2CC3)C[C@@H]1OC.COc1cc(N)cc(Cl)c1C(=O)O. The second-order valence-electron chi connectivity index (χ2n) is 20.9. The van der Waals surface area contributed by atoms with Crippen LogP contribution in [0.25, 0.3) is 0 Å². The van der Waals surface area contributed by atoms with E-state index >= 15 is 0 Å². The highest BCUT2D eigenvalue weighted by Gasteiger charge is 2.38. The van der Waals surface area contributed by atoms with Gasteiger partial charge in [0.05, 0.1) is 42.5 Å². The maximum atomic E-state index is 13.0. The fourth-order valence-electron chi connectivity index (χ4n) is 11.3. The second-order valence-corrected chi connectivity index (χ2v) is 21.7. The number of esters is 2.